The van der Waals surface area contributed by atoms with Crippen molar-refractivity contribution in [3.05, 3.63) is 47.5 Å². The van der Waals surface area contributed by atoms with Crippen LogP contribution in [0.15, 0.2) is 36.4 Å². The van der Waals surface area contributed by atoms with Crippen molar-refractivity contribution < 1.29 is 32.5 Å². The van der Waals surface area contributed by atoms with Gasteiger partial charge in [-0.05, 0) is 43.8 Å². The van der Waals surface area contributed by atoms with E-state index in [1.807, 2.05) is 32.2 Å². The number of benzene rings is 2. The van der Waals surface area contributed by atoms with Crippen molar-refractivity contribution in [3.8, 4) is 17.2 Å². The Kier molecular flexibility index (Phi) is 7.62. The molecule has 0 spiro atoms. The van der Waals surface area contributed by atoms with Crippen LogP contribution < -0.4 is 18.9 Å². The second kappa shape index (κ2) is 10.5. The first-order chi connectivity index (χ1) is 17.1. The van der Waals surface area contributed by atoms with Crippen molar-refractivity contribution in [2.45, 2.75) is 32.5 Å². The Morgan fingerprint density at radius 1 is 1.22 bits per heavy atom. The Hall–Kier alpha value is -3.02. The van der Waals surface area contributed by atoms with E-state index in [0.717, 1.165) is 17.6 Å². The molecule has 11 heteroatoms. The minimum absolute atomic E-state index is 0.110. The van der Waals surface area contributed by atoms with Crippen LogP contribution in [0.4, 0.5) is 5.69 Å². The van der Waals surface area contributed by atoms with Crippen molar-refractivity contribution in [2.24, 2.45) is 5.92 Å². The second-order valence-electron chi connectivity index (χ2n) is 9.56. The number of likely N-dealkylation sites (N-methyl/N-ethyl adjacent to an activating group) is 1. The summed E-state index contributed by atoms with van der Waals surface area (Å²) >= 11 is 0. The lowest BCUT2D eigenvalue weighted by molar-refractivity contribution is 0.0344. The van der Waals surface area contributed by atoms with Crippen LogP contribution in [0.25, 0.3) is 0 Å². The Morgan fingerprint density at radius 2 is 1.97 bits per heavy atom. The molecule has 2 heterocycles. The van der Waals surface area contributed by atoms with E-state index in [1.165, 1.54) is 0 Å². The average Bonchev–Trinajstić information content (AvgIpc) is 3.28. The zero-order valence-corrected chi connectivity index (χ0v) is 21.7. The first-order valence-electron chi connectivity index (χ1n) is 11.8. The molecule has 0 aliphatic carbocycles. The molecule has 2 aromatic carbocycles. The number of hydrogen-bond donors (Lipinski definition) is 2. The highest BCUT2D eigenvalue weighted by Gasteiger charge is 2.34. The van der Waals surface area contributed by atoms with E-state index < -0.39 is 16.1 Å². The molecule has 2 aliphatic rings. The van der Waals surface area contributed by atoms with Crippen molar-refractivity contribution in [3.63, 3.8) is 0 Å². The number of nitrogens with one attached hydrogen (secondary N) is 1. The van der Waals surface area contributed by atoms with Gasteiger partial charge in [-0.25, -0.2) is 8.42 Å². The van der Waals surface area contributed by atoms with Gasteiger partial charge in [0.05, 0.1) is 30.2 Å². The number of aliphatic hydroxyl groups excluding tert-OH is 1. The maximum absolute atomic E-state index is 13.4. The lowest BCUT2D eigenvalue weighted by Gasteiger charge is -2.38. The Labute approximate surface area is 211 Å². The van der Waals surface area contributed by atoms with Crippen LogP contribution in [-0.4, -0.2) is 81.2 Å². The number of aliphatic hydroxyl groups is 1. The molecule has 4 rings (SSSR count). The van der Waals surface area contributed by atoms with Crippen LogP contribution in [0, 0.1) is 5.92 Å². The second-order valence-corrected chi connectivity index (χ2v) is 11.3. The lowest BCUT2D eigenvalue weighted by Crippen LogP contribution is -2.49. The number of ether oxygens (including phenoxy) is 3. The molecule has 0 fully saturated rings. The topological polar surface area (TPSA) is 118 Å². The predicted molar refractivity (Wildman–Crippen MR) is 135 cm³/mol. The van der Waals surface area contributed by atoms with Gasteiger partial charge in [0.15, 0.2) is 17.2 Å². The van der Waals surface area contributed by atoms with Gasteiger partial charge in [0, 0.05) is 25.6 Å². The van der Waals surface area contributed by atoms with Crippen LogP contribution in [0.1, 0.15) is 29.8 Å². The molecule has 0 bridgehead atoms. The standard InChI is InChI=1S/C25H33N3O7S/c1-16-11-28(17(2)14-29)25(30)19-6-5-7-20(26-36(4,31)32)24(19)35-23(16)13-27(3)12-18-8-9-21-22(10-18)34-15-33-21/h5-10,16-17,23,26,29H,11-15H2,1-4H3/t16-,17-,23+/m0/s1. The molecule has 10 nitrogen and oxygen atoms in total. The smallest absolute Gasteiger partial charge is 0.258 e. The molecule has 196 valence electrons. The van der Waals surface area contributed by atoms with Gasteiger partial charge >= 0.3 is 0 Å². The molecule has 0 saturated heterocycles. The number of para-hydroxylation sites is 1. The number of fused-ring (bicyclic) bond motifs is 2. The normalized spacial score (nSPS) is 20.4. The summed E-state index contributed by atoms with van der Waals surface area (Å²) in [6, 6.07) is 10.2. The zero-order valence-electron chi connectivity index (χ0n) is 20.9. The molecule has 2 aromatic rings. The maximum Gasteiger partial charge on any atom is 0.258 e. The Bertz CT molecular complexity index is 1220. The number of hydrogen-bond acceptors (Lipinski definition) is 8. The number of amides is 1. The predicted octanol–water partition coefficient (Wildman–Crippen LogP) is 2.14. The number of nitrogens with zero attached hydrogens (tertiary/aromatic N) is 2. The van der Waals surface area contributed by atoms with Gasteiger partial charge in [-0.1, -0.05) is 19.1 Å². The van der Waals surface area contributed by atoms with E-state index in [2.05, 4.69) is 9.62 Å². The highest BCUT2D eigenvalue weighted by atomic mass is 32.2. The summed E-state index contributed by atoms with van der Waals surface area (Å²) in [5.74, 6) is 1.21. The summed E-state index contributed by atoms with van der Waals surface area (Å²) in [4.78, 5) is 17.2. The first-order valence-corrected chi connectivity index (χ1v) is 13.7. The SMILES string of the molecule is C[C@H]1CN([C@@H](C)CO)C(=O)c2cccc(NS(C)(=O)=O)c2O[C@@H]1CN(C)Cc1ccc2c(c1)OCO2. The summed E-state index contributed by atoms with van der Waals surface area (Å²) in [5.41, 5.74) is 1.50. The quantitative estimate of drug-likeness (QED) is 0.545. The van der Waals surface area contributed by atoms with Gasteiger partial charge in [-0.15, -0.1) is 0 Å². The molecule has 36 heavy (non-hydrogen) atoms. The molecule has 0 aromatic heterocycles. The van der Waals surface area contributed by atoms with Crippen LogP contribution in [-0.2, 0) is 16.6 Å². The summed E-state index contributed by atoms with van der Waals surface area (Å²) in [5, 5.41) is 9.81. The average molecular weight is 520 g/mol. The maximum atomic E-state index is 13.4. The number of carbonyl (C=O) groups excluding carboxylic acids is 1. The molecule has 1 amide bonds. The third kappa shape index (κ3) is 5.85. The summed E-state index contributed by atoms with van der Waals surface area (Å²) in [6.45, 7) is 5.31. The third-order valence-electron chi connectivity index (χ3n) is 6.37. The number of rotatable bonds is 8. The van der Waals surface area contributed by atoms with E-state index in [4.69, 9.17) is 14.2 Å². The van der Waals surface area contributed by atoms with Gasteiger partial charge in [0.1, 0.15) is 6.10 Å². The molecular weight excluding hydrogens is 486 g/mol. The van der Waals surface area contributed by atoms with Gasteiger partial charge in [0.25, 0.3) is 5.91 Å². The van der Waals surface area contributed by atoms with Crippen molar-refractivity contribution >= 4 is 21.6 Å². The molecular formula is C25H33N3O7S. The van der Waals surface area contributed by atoms with E-state index >= 15 is 0 Å². The minimum Gasteiger partial charge on any atom is -0.486 e. The van der Waals surface area contributed by atoms with Crippen molar-refractivity contribution in [2.75, 3.05) is 44.5 Å². The van der Waals surface area contributed by atoms with E-state index in [1.54, 1.807) is 30.0 Å². The first kappa shape index (κ1) is 26.1. The number of carbonyl (C=O) groups is 1. The number of anilines is 1. The highest BCUT2D eigenvalue weighted by molar-refractivity contribution is 7.92. The monoisotopic (exact) mass is 519 g/mol. The lowest BCUT2D eigenvalue weighted by atomic mass is 9.99. The summed E-state index contributed by atoms with van der Waals surface area (Å²) in [6.07, 6.45) is 0.683. The fourth-order valence-corrected chi connectivity index (χ4v) is 5.02. The van der Waals surface area contributed by atoms with E-state index in [0.29, 0.717) is 25.4 Å². The van der Waals surface area contributed by atoms with Gasteiger partial charge in [0.2, 0.25) is 16.8 Å². The van der Waals surface area contributed by atoms with Gasteiger partial charge in [-0.3, -0.25) is 14.4 Å². The Balaban J connectivity index is 1.63. The highest BCUT2D eigenvalue weighted by Crippen LogP contribution is 2.36. The van der Waals surface area contributed by atoms with Crippen LogP contribution in [0.5, 0.6) is 17.2 Å². The largest absolute Gasteiger partial charge is 0.486 e. The van der Waals surface area contributed by atoms with Gasteiger partial charge < -0.3 is 24.2 Å². The molecule has 0 radical (unpaired) electrons. The number of sulfonamides is 1. The fraction of sp³-hybridized carbons (Fsp3) is 0.480. The molecule has 3 atom stereocenters. The molecule has 2 N–H and O–H groups in total. The van der Waals surface area contributed by atoms with Crippen LogP contribution >= 0.6 is 0 Å². The van der Waals surface area contributed by atoms with Crippen molar-refractivity contribution in [1.82, 2.24) is 9.80 Å². The van der Waals surface area contributed by atoms with Crippen LogP contribution in [0.2, 0.25) is 0 Å². The van der Waals surface area contributed by atoms with Crippen molar-refractivity contribution in [1.29, 1.82) is 0 Å². The molecule has 0 saturated carbocycles. The zero-order chi connectivity index (χ0) is 26.0. The third-order valence-corrected chi connectivity index (χ3v) is 6.96. The van der Waals surface area contributed by atoms with E-state index in [-0.39, 0.29) is 48.3 Å². The molecule has 2 aliphatic heterocycles. The minimum atomic E-state index is -3.61. The van der Waals surface area contributed by atoms with Gasteiger partial charge in [-0.2, -0.15) is 0 Å². The summed E-state index contributed by atoms with van der Waals surface area (Å²) < 4.78 is 43.8. The van der Waals surface area contributed by atoms with Crippen LogP contribution in [0.3, 0.4) is 0 Å². The summed E-state index contributed by atoms with van der Waals surface area (Å²) in [7, 11) is -1.64. The van der Waals surface area contributed by atoms with E-state index in [9.17, 15) is 18.3 Å². The fourth-order valence-electron chi connectivity index (χ4n) is 4.46. The Morgan fingerprint density at radius 3 is 2.69 bits per heavy atom. The molecule has 0 unspecified atom stereocenters.